The van der Waals surface area contributed by atoms with Crippen LogP contribution in [0.5, 0.6) is 0 Å². The zero-order valence-corrected chi connectivity index (χ0v) is 12.0. The number of hydrogen-bond acceptors (Lipinski definition) is 4. The molecule has 0 saturated heterocycles. The molecule has 0 bridgehead atoms. The third kappa shape index (κ3) is 2.51. The van der Waals surface area contributed by atoms with Crippen LogP contribution < -0.4 is 10.6 Å². The van der Waals surface area contributed by atoms with Gasteiger partial charge in [0, 0.05) is 29.4 Å². The van der Waals surface area contributed by atoms with Crippen molar-refractivity contribution in [3.63, 3.8) is 0 Å². The molecule has 3 rings (SSSR count). The summed E-state index contributed by atoms with van der Waals surface area (Å²) in [5.41, 5.74) is 9.71. The molecule has 0 radical (unpaired) electrons. The summed E-state index contributed by atoms with van der Waals surface area (Å²) in [6, 6.07) is 18.0. The number of nitrogen functional groups attached to an aromatic ring is 1. The van der Waals surface area contributed by atoms with Crippen LogP contribution >= 0.6 is 11.3 Å². The number of rotatable bonds is 3. The predicted octanol–water partition coefficient (Wildman–Crippen LogP) is 4.16. The maximum Gasteiger partial charge on any atom is 0.190 e. The lowest BCUT2D eigenvalue weighted by atomic mass is 10.1. The Morgan fingerprint density at radius 1 is 1.05 bits per heavy atom. The Balaban J connectivity index is 1.91. The molecule has 2 aromatic carbocycles. The highest BCUT2D eigenvalue weighted by Gasteiger charge is 2.10. The second kappa shape index (κ2) is 5.35. The van der Waals surface area contributed by atoms with E-state index in [-0.39, 0.29) is 0 Å². The van der Waals surface area contributed by atoms with Gasteiger partial charge in [0.2, 0.25) is 0 Å². The molecule has 1 aromatic heterocycles. The largest absolute Gasteiger partial charge is 0.399 e. The van der Waals surface area contributed by atoms with E-state index in [2.05, 4.69) is 27.4 Å². The summed E-state index contributed by atoms with van der Waals surface area (Å²) in [6.45, 7) is 0. The molecule has 0 aliphatic carbocycles. The molecule has 0 spiro atoms. The van der Waals surface area contributed by atoms with Gasteiger partial charge >= 0.3 is 0 Å². The second-order valence-electron chi connectivity index (χ2n) is 4.54. The molecule has 0 saturated carbocycles. The normalized spacial score (nSPS) is 10.4. The number of aromatic nitrogens is 1. The second-order valence-corrected chi connectivity index (χ2v) is 5.37. The molecule has 100 valence electrons. The first-order valence-corrected chi connectivity index (χ1v) is 7.22. The monoisotopic (exact) mass is 281 g/mol. The first-order chi connectivity index (χ1) is 9.74. The zero-order valence-electron chi connectivity index (χ0n) is 11.2. The van der Waals surface area contributed by atoms with E-state index < -0.39 is 0 Å². The molecule has 3 nitrogen and oxygen atoms in total. The van der Waals surface area contributed by atoms with Crippen molar-refractivity contribution in [3.8, 4) is 11.3 Å². The number of benzene rings is 2. The van der Waals surface area contributed by atoms with E-state index in [0.717, 1.165) is 27.8 Å². The van der Waals surface area contributed by atoms with Gasteiger partial charge in [0.1, 0.15) is 0 Å². The van der Waals surface area contributed by atoms with E-state index in [1.807, 2.05) is 49.5 Å². The minimum Gasteiger partial charge on any atom is -0.399 e. The Morgan fingerprint density at radius 2 is 1.85 bits per heavy atom. The van der Waals surface area contributed by atoms with Crippen LogP contribution in [-0.4, -0.2) is 12.0 Å². The molecule has 1 heterocycles. The van der Waals surface area contributed by atoms with Gasteiger partial charge in [-0.05, 0) is 24.3 Å². The van der Waals surface area contributed by atoms with E-state index in [1.54, 1.807) is 11.3 Å². The van der Waals surface area contributed by atoms with Gasteiger partial charge in [-0.3, -0.25) is 0 Å². The fraction of sp³-hybridized carbons (Fsp3) is 0.0625. The summed E-state index contributed by atoms with van der Waals surface area (Å²) >= 11 is 1.63. The molecule has 20 heavy (non-hydrogen) atoms. The molecule has 2 N–H and O–H groups in total. The SMILES string of the molecule is CN(c1ccccc1)c1nc(-c2cccc(N)c2)cs1. The highest BCUT2D eigenvalue weighted by molar-refractivity contribution is 7.14. The van der Waals surface area contributed by atoms with Crippen LogP contribution in [0.15, 0.2) is 60.0 Å². The van der Waals surface area contributed by atoms with Crippen LogP contribution in [0.4, 0.5) is 16.5 Å². The van der Waals surface area contributed by atoms with Crippen LogP contribution in [0.3, 0.4) is 0 Å². The summed E-state index contributed by atoms with van der Waals surface area (Å²) in [5, 5.41) is 3.03. The molecule has 0 fully saturated rings. The topological polar surface area (TPSA) is 42.2 Å². The lowest BCUT2D eigenvalue weighted by molar-refractivity contribution is 1.17. The molecule has 0 amide bonds. The molecular weight excluding hydrogens is 266 g/mol. The number of hydrogen-bond donors (Lipinski definition) is 1. The van der Waals surface area contributed by atoms with Crippen molar-refractivity contribution in [2.75, 3.05) is 17.7 Å². The van der Waals surface area contributed by atoms with Gasteiger partial charge < -0.3 is 10.6 Å². The number of nitrogens with two attached hydrogens (primary N) is 1. The average molecular weight is 281 g/mol. The first kappa shape index (κ1) is 12.7. The summed E-state index contributed by atoms with van der Waals surface area (Å²) < 4.78 is 0. The van der Waals surface area contributed by atoms with E-state index in [4.69, 9.17) is 5.73 Å². The average Bonchev–Trinajstić information content (AvgIpc) is 2.97. The molecule has 0 atom stereocenters. The van der Waals surface area contributed by atoms with Crippen molar-refractivity contribution < 1.29 is 0 Å². The van der Waals surface area contributed by atoms with Gasteiger partial charge in [0.25, 0.3) is 0 Å². The Hall–Kier alpha value is -2.33. The van der Waals surface area contributed by atoms with Crippen molar-refractivity contribution in [1.29, 1.82) is 0 Å². The third-order valence-electron chi connectivity index (χ3n) is 3.10. The first-order valence-electron chi connectivity index (χ1n) is 6.34. The molecular formula is C16H15N3S. The number of anilines is 3. The number of thiazole rings is 1. The summed E-state index contributed by atoms with van der Waals surface area (Å²) in [4.78, 5) is 6.77. The Morgan fingerprint density at radius 3 is 2.60 bits per heavy atom. The smallest absolute Gasteiger partial charge is 0.190 e. The number of para-hydroxylation sites is 1. The van der Waals surface area contributed by atoms with Gasteiger partial charge in [-0.2, -0.15) is 0 Å². The standard InChI is InChI=1S/C16H15N3S/c1-19(14-8-3-2-4-9-14)16-18-15(11-20-16)12-6-5-7-13(17)10-12/h2-11H,17H2,1H3. The van der Waals surface area contributed by atoms with Gasteiger partial charge in [0.05, 0.1) is 5.69 Å². The van der Waals surface area contributed by atoms with Crippen molar-refractivity contribution in [3.05, 3.63) is 60.0 Å². The fourth-order valence-electron chi connectivity index (χ4n) is 2.01. The maximum atomic E-state index is 5.82. The highest BCUT2D eigenvalue weighted by Crippen LogP contribution is 2.31. The van der Waals surface area contributed by atoms with Crippen molar-refractivity contribution in [2.45, 2.75) is 0 Å². The molecule has 0 aliphatic heterocycles. The Kier molecular flexibility index (Phi) is 3.39. The summed E-state index contributed by atoms with van der Waals surface area (Å²) in [7, 11) is 2.03. The quantitative estimate of drug-likeness (QED) is 0.733. The van der Waals surface area contributed by atoms with Crippen LogP contribution in [0, 0.1) is 0 Å². The highest BCUT2D eigenvalue weighted by atomic mass is 32.1. The van der Waals surface area contributed by atoms with Crippen molar-refractivity contribution in [1.82, 2.24) is 4.98 Å². The molecule has 0 aliphatic rings. The van der Waals surface area contributed by atoms with E-state index in [1.165, 1.54) is 0 Å². The van der Waals surface area contributed by atoms with Gasteiger partial charge in [-0.25, -0.2) is 4.98 Å². The fourth-order valence-corrected chi connectivity index (χ4v) is 2.83. The minimum absolute atomic E-state index is 0.758. The molecule has 0 unspecified atom stereocenters. The predicted molar refractivity (Wildman–Crippen MR) is 86.5 cm³/mol. The lowest BCUT2D eigenvalue weighted by Gasteiger charge is -2.15. The van der Waals surface area contributed by atoms with Crippen molar-refractivity contribution in [2.24, 2.45) is 0 Å². The van der Waals surface area contributed by atoms with Crippen LogP contribution in [0.25, 0.3) is 11.3 Å². The Bertz CT molecular complexity index is 707. The van der Waals surface area contributed by atoms with Gasteiger partial charge in [-0.1, -0.05) is 30.3 Å². The van der Waals surface area contributed by atoms with Crippen LogP contribution in [0.1, 0.15) is 0 Å². The van der Waals surface area contributed by atoms with E-state index >= 15 is 0 Å². The van der Waals surface area contributed by atoms with E-state index in [9.17, 15) is 0 Å². The molecule has 4 heteroatoms. The zero-order chi connectivity index (χ0) is 13.9. The van der Waals surface area contributed by atoms with Crippen LogP contribution in [-0.2, 0) is 0 Å². The Labute approximate surface area is 122 Å². The maximum absolute atomic E-state index is 5.82. The minimum atomic E-state index is 0.758. The van der Waals surface area contributed by atoms with Gasteiger partial charge in [-0.15, -0.1) is 11.3 Å². The van der Waals surface area contributed by atoms with Gasteiger partial charge in [0.15, 0.2) is 5.13 Å². The molecule has 3 aromatic rings. The van der Waals surface area contributed by atoms with Crippen molar-refractivity contribution >= 4 is 27.8 Å². The number of nitrogens with zero attached hydrogens (tertiary/aromatic N) is 2. The third-order valence-corrected chi connectivity index (χ3v) is 4.02. The van der Waals surface area contributed by atoms with E-state index in [0.29, 0.717) is 0 Å². The summed E-state index contributed by atoms with van der Waals surface area (Å²) in [6.07, 6.45) is 0. The van der Waals surface area contributed by atoms with Crippen LogP contribution in [0.2, 0.25) is 0 Å². The summed E-state index contributed by atoms with van der Waals surface area (Å²) in [5.74, 6) is 0. The lowest BCUT2D eigenvalue weighted by Crippen LogP contribution is -2.08.